The third-order valence-electron chi connectivity index (χ3n) is 18.5. The van der Waals surface area contributed by atoms with Gasteiger partial charge in [0, 0.05) is 106 Å². The van der Waals surface area contributed by atoms with Crippen LogP contribution in [0.25, 0.3) is 21.7 Å². The van der Waals surface area contributed by atoms with Crippen LogP contribution in [0.15, 0.2) is 89.0 Å². The predicted octanol–water partition coefficient (Wildman–Crippen LogP) is 8.52. The number of piperidine rings is 1. The number of likely N-dealkylation sites (tertiary alicyclic amines) is 1. The van der Waals surface area contributed by atoms with Crippen molar-refractivity contribution in [1.82, 2.24) is 40.4 Å². The molecule has 6 aromatic rings. The number of carbonyl (C=O) groups is 2. The molecule has 12 rings (SSSR count). The van der Waals surface area contributed by atoms with Crippen LogP contribution in [0.1, 0.15) is 120 Å². The van der Waals surface area contributed by atoms with Crippen LogP contribution in [0.2, 0.25) is 0 Å². The van der Waals surface area contributed by atoms with E-state index in [1.807, 2.05) is 87.9 Å². The second-order valence-electron chi connectivity index (χ2n) is 24.2. The standard InChI is InChI=1S/C62H78N12O7S/c1-36(2)58(62(78)73-34-46(75)27-53(73)61(77)66-37(3)39-10-12-40(13-11-39)59-38(4)65-35-82-59)55-31-56(69-81-55)71-24-21-42(22-25-71)70(5)41-16-18-47(19-17-41)79-48-28-49(29-48)80-57-26-43(20-23-64-57)74-44-14-15-45(74)33-72(32-44)52-30-51(67-68-60(52)63)50-8-6-7-9-54(50)76/h6-13,20,23,26,30-31,35-37,41-42,44-49,53,58,75-76H,14-19,21-22,24-25,27-29,32-34H2,1-5H3,(H2,63,68)(H,66,77)/t37-,41?,44+,45?,46+,47?,48?,49?,53-,58+/m0/s1. The number of β-amino-alcohol motifs (C(OH)–C–C–N with tert-alkyl or cyclic N) is 1. The summed E-state index contributed by atoms with van der Waals surface area (Å²) >= 11 is 1.60. The minimum absolute atomic E-state index is 0.0820. The van der Waals surface area contributed by atoms with Crippen LogP contribution in [0.3, 0.4) is 0 Å². The fourth-order valence-corrected chi connectivity index (χ4v) is 14.7. The molecule has 4 aliphatic heterocycles. The van der Waals surface area contributed by atoms with Crippen LogP contribution < -0.4 is 30.5 Å². The fourth-order valence-electron chi connectivity index (χ4n) is 13.9. The molecule has 2 amide bonds. The number of hydrogen-bond donors (Lipinski definition) is 4. The maximum absolute atomic E-state index is 14.4. The normalized spacial score (nSPS) is 25.6. The van der Waals surface area contributed by atoms with Crippen molar-refractivity contribution in [2.24, 2.45) is 5.92 Å². The van der Waals surface area contributed by atoms with E-state index in [0.29, 0.717) is 52.9 Å². The molecule has 2 saturated carbocycles. The van der Waals surface area contributed by atoms with Crippen molar-refractivity contribution in [3.05, 3.63) is 102 Å². The van der Waals surface area contributed by atoms with Gasteiger partial charge in [-0.1, -0.05) is 55.4 Å². The zero-order chi connectivity index (χ0) is 56.8. The number of phenols is 1. The molecule has 5 N–H and O–H groups in total. The quantitative estimate of drug-likeness (QED) is 0.0671. The Hall–Kier alpha value is -6.87. The van der Waals surface area contributed by atoms with E-state index in [-0.39, 0.29) is 60.8 Å². The van der Waals surface area contributed by atoms with Crippen LogP contribution in [0.4, 0.5) is 23.0 Å². The van der Waals surface area contributed by atoms with Gasteiger partial charge in [0.25, 0.3) is 0 Å². The molecule has 6 fully saturated rings. The third-order valence-corrected chi connectivity index (χ3v) is 19.5. The Bertz CT molecular complexity index is 3180. The van der Waals surface area contributed by atoms with Gasteiger partial charge >= 0.3 is 0 Å². The number of pyridine rings is 1. The number of carbonyl (C=O) groups excluding carboxylic acids is 2. The Kier molecular flexibility index (Phi) is 16.1. The number of nitrogen functional groups attached to an aromatic ring is 1. The summed E-state index contributed by atoms with van der Waals surface area (Å²) < 4.78 is 19.1. The molecular weight excluding hydrogens is 1060 g/mol. The summed E-state index contributed by atoms with van der Waals surface area (Å²) in [5.41, 5.74) is 14.5. The van der Waals surface area contributed by atoms with Gasteiger partial charge in [0.1, 0.15) is 23.8 Å². The van der Waals surface area contributed by atoms with E-state index < -0.39 is 18.1 Å². The number of amides is 2. The summed E-state index contributed by atoms with van der Waals surface area (Å²) in [6.07, 6.45) is 12.0. The number of hydrogen-bond acceptors (Lipinski definition) is 18. The lowest BCUT2D eigenvalue weighted by Gasteiger charge is -2.44. The number of para-hydroxylation sites is 1. The van der Waals surface area contributed by atoms with E-state index in [1.165, 1.54) is 0 Å². The van der Waals surface area contributed by atoms with E-state index in [1.54, 1.807) is 28.4 Å². The first-order valence-electron chi connectivity index (χ1n) is 29.7. The molecule has 1 unspecified atom stereocenters. The topological polar surface area (TPSA) is 225 Å². The van der Waals surface area contributed by atoms with Gasteiger partial charge in [0.05, 0.1) is 51.8 Å². The molecule has 2 bridgehead atoms. The maximum atomic E-state index is 14.4. The van der Waals surface area contributed by atoms with Crippen molar-refractivity contribution in [2.75, 3.05) is 60.2 Å². The van der Waals surface area contributed by atoms with E-state index in [2.05, 4.69) is 69.4 Å². The number of anilines is 4. The zero-order valence-electron chi connectivity index (χ0n) is 47.7. The SMILES string of the molecule is Cc1ncsc1-c1ccc([C@H](C)NC(=O)[C@@H]2C[C@@H](O)CN2C(=O)[C@@H](c2cc(N3CCC(N(C)C4CCC(OC5CC(Oc6cc(N7C8CC[C@@H]7CN(c7cc(-c9ccccc9O)nnc7N)C8)ccn6)C5)CC4)CC3)no2)C(C)C)cc1. The predicted molar refractivity (Wildman–Crippen MR) is 316 cm³/mol. The number of nitrogens with two attached hydrogens (primary N) is 1. The lowest BCUT2D eigenvalue weighted by atomic mass is 9.88. The number of aromatic hydroxyl groups is 1. The largest absolute Gasteiger partial charge is 0.507 e. The average Bonchev–Trinajstić information content (AvgIpc) is 4.45. The number of phenolic OH excluding ortho intramolecular Hbond substituents is 1. The summed E-state index contributed by atoms with van der Waals surface area (Å²) in [7, 11) is 2.29. The summed E-state index contributed by atoms with van der Waals surface area (Å²) in [5.74, 6) is 1.11. The molecule has 434 valence electrons. The summed E-state index contributed by atoms with van der Waals surface area (Å²) in [4.78, 5) is 49.7. The fraction of sp³-hybridized carbons (Fsp3) is 0.532. The Morgan fingerprint density at radius 1 is 0.829 bits per heavy atom. The number of nitrogens with one attached hydrogen (secondary N) is 1. The molecule has 6 aliphatic rings. The Morgan fingerprint density at radius 2 is 1.56 bits per heavy atom. The Labute approximate surface area is 484 Å². The number of piperazine rings is 1. The molecule has 0 spiro atoms. The van der Waals surface area contributed by atoms with Crippen LogP contribution in [0.5, 0.6) is 11.6 Å². The van der Waals surface area contributed by atoms with Gasteiger partial charge in [-0.2, -0.15) is 0 Å². The van der Waals surface area contributed by atoms with Gasteiger partial charge in [-0.15, -0.1) is 21.5 Å². The second-order valence-corrected chi connectivity index (χ2v) is 25.0. The minimum atomic E-state index is -0.806. The number of aliphatic hydroxyl groups is 1. The number of benzene rings is 2. The first-order chi connectivity index (χ1) is 39.7. The van der Waals surface area contributed by atoms with Crippen LogP contribution in [0, 0.1) is 12.8 Å². The van der Waals surface area contributed by atoms with E-state index in [9.17, 15) is 19.8 Å². The molecule has 4 saturated heterocycles. The first-order valence-corrected chi connectivity index (χ1v) is 30.5. The van der Waals surface area contributed by atoms with Gasteiger partial charge in [0.2, 0.25) is 17.7 Å². The highest BCUT2D eigenvalue weighted by molar-refractivity contribution is 7.13. The lowest BCUT2D eigenvalue weighted by Crippen LogP contribution is -2.54. The van der Waals surface area contributed by atoms with Crippen molar-refractivity contribution < 1.29 is 33.8 Å². The monoisotopic (exact) mass is 1130 g/mol. The molecule has 19 nitrogen and oxygen atoms in total. The highest BCUT2D eigenvalue weighted by atomic mass is 32.1. The molecule has 20 heteroatoms. The smallest absolute Gasteiger partial charge is 0.243 e. The highest BCUT2D eigenvalue weighted by Crippen LogP contribution is 2.42. The van der Waals surface area contributed by atoms with Crippen molar-refractivity contribution in [3.8, 4) is 33.3 Å². The van der Waals surface area contributed by atoms with Crippen molar-refractivity contribution in [1.29, 1.82) is 0 Å². The van der Waals surface area contributed by atoms with Gasteiger partial charge in [-0.25, -0.2) is 9.97 Å². The summed E-state index contributed by atoms with van der Waals surface area (Å²) in [5, 5.41) is 37.5. The molecule has 0 radical (unpaired) electrons. The number of aryl methyl sites for hydroxylation is 1. The Balaban J connectivity index is 0.572. The number of thiazole rings is 1. The molecule has 2 aliphatic carbocycles. The average molecular weight is 1140 g/mol. The van der Waals surface area contributed by atoms with Crippen molar-refractivity contribution in [3.63, 3.8) is 0 Å². The maximum Gasteiger partial charge on any atom is 0.243 e. The number of fused-ring (bicyclic) bond motifs is 2. The van der Waals surface area contributed by atoms with Crippen molar-refractivity contribution in [2.45, 2.75) is 165 Å². The van der Waals surface area contributed by atoms with Gasteiger partial charge in [-0.05, 0) is 114 Å². The van der Waals surface area contributed by atoms with Crippen LogP contribution >= 0.6 is 11.3 Å². The highest BCUT2D eigenvalue weighted by Gasteiger charge is 2.45. The van der Waals surface area contributed by atoms with E-state index >= 15 is 0 Å². The van der Waals surface area contributed by atoms with Gasteiger partial charge in [0.15, 0.2) is 17.4 Å². The van der Waals surface area contributed by atoms with Crippen LogP contribution in [-0.4, -0.2) is 152 Å². The summed E-state index contributed by atoms with van der Waals surface area (Å²) in [6, 6.07) is 23.8. The number of rotatable bonds is 17. The van der Waals surface area contributed by atoms with Gasteiger partial charge in [-0.3, -0.25) is 9.59 Å². The number of aliphatic hydroxyl groups excluding tert-OH is 1. The number of ether oxygens (including phenoxy) is 2. The molecule has 82 heavy (non-hydrogen) atoms. The molecule has 4 aromatic heterocycles. The first kappa shape index (κ1) is 55.7. The van der Waals surface area contributed by atoms with Gasteiger partial charge < -0.3 is 59.8 Å². The molecule has 6 atom stereocenters. The van der Waals surface area contributed by atoms with Crippen molar-refractivity contribution >= 4 is 46.2 Å². The number of nitrogens with zero attached hydrogens (tertiary/aromatic N) is 10. The van der Waals surface area contributed by atoms with Crippen LogP contribution in [-0.2, 0) is 14.3 Å². The lowest BCUT2D eigenvalue weighted by molar-refractivity contribution is -0.141. The number of aromatic nitrogens is 5. The summed E-state index contributed by atoms with van der Waals surface area (Å²) in [6.45, 7) is 11.2. The third kappa shape index (κ3) is 11.6. The van der Waals surface area contributed by atoms with E-state index in [0.717, 1.165) is 129 Å². The second kappa shape index (κ2) is 23.8. The Morgan fingerprint density at radius 3 is 2.27 bits per heavy atom. The minimum Gasteiger partial charge on any atom is -0.507 e. The molecular formula is C62H78N12O7S. The molecule has 2 aromatic carbocycles. The molecule has 8 heterocycles. The zero-order valence-corrected chi connectivity index (χ0v) is 48.5. The van der Waals surface area contributed by atoms with E-state index in [4.69, 9.17) is 19.7 Å².